The number of benzene rings is 1. The topological polar surface area (TPSA) is 69.6 Å². The first-order valence-corrected chi connectivity index (χ1v) is 9.98. The van der Waals surface area contributed by atoms with Crippen LogP contribution in [0.2, 0.25) is 0 Å². The predicted octanol–water partition coefficient (Wildman–Crippen LogP) is 4.60. The van der Waals surface area contributed by atoms with Crippen molar-refractivity contribution in [3.05, 3.63) is 58.3 Å². The molecule has 0 atom stereocenters. The van der Waals surface area contributed by atoms with Crippen molar-refractivity contribution in [2.45, 2.75) is 31.7 Å². The Hall–Kier alpha value is -2.45. The van der Waals surface area contributed by atoms with Gasteiger partial charge in [0.25, 0.3) is 0 Å². The van der Waals surface area contributed by atoms with Gasteiger partial charge in [-0.3, -0.25) is 0 Å². The molecule has 0 unspecified atom stereocenters. The minimum absolute atomic E-state index is 0.645. The van der Waals surface area contributed by atoms with Gasteiger partial charge < -0.3 is 4.42 Å². The number of tetrazole rings is 1. The molecule has 0 amide bonds. The van der Waals surface area contributed by atoms with Gasteiger partial charge in [0, 0.05) is 5.75 Å². The highest BCUT2D eigenvalue weighted by Crippen LogP contribution is 2.30. The summed E-state index contributed by atoms with van der Waals surface area (Å²) in [5, 5.41) is 15.0. The van der Waals surface area contributed by atoms with Crippen LogP contribution in [-0.4, -0.2) is 25.2 Å². The first-order valence-electron chi connectivity index (χ1n) is 8.11. The van der Waals surface area contributed by atoms with Gasteiger partial charge in [-0.05, 0) is 53.8 Å². The highest BCUT2D eigenvalue weighted by atomic mass is 32.2. The SMILES string of the molecule is Cc1cccc(C)c1-n1nnnc1SCc1nc(-c2cccs2)oc1C. The van der Waals surface area contributed by atoms with Gasteiger partial charge in [-0.15, -0.1) is 16.4 Å². The highest BCUT2D eigenvalue weighted by Gasteiger charge is 2.16. The average molecular weight is 384 g/mol. The van der Waals surface area contributed by atoms with Crippen LogP contribution in [0.5, 0.6) is 0 Å². The van der Waals surface area contributed by atoms with Crippen LogP contribution in [0.4, 0.5) is 0 Å². The van der Waals surface area contributed by atoms with Crippen LogP contribution >= 0.6 is 23.1 Å². The summed E-state index contributed by atoms with van der Waals surface area (Å²) in [4.78, 5) is 5.67. The van der Waals surface area contributed by atoms with Crippen molar-refractivity contribution in [3.8, 4) is 16.5 Å². The Labute approximate surface area is 159 Å². The molecule has 0 saturated heterocycles. The second-order valence-corrected chi connectivity index (χ2v) is 7.79. The van der Waals surface area contributed by atoms with Crippen LogP contribution in [-0.2, 0) is 5.75 Å². The fourth-order valence-electron chi connectivity index (χ4n) is 2.75. The van der Waals surface area contributed by atoms with Crippen molar-refractivity contribution in [1.29, 1.82) is 0 Å². The van der Waals surface area contributed by atoms with Crippen LogP contribution in [0, 0.1) is 20.8 Å². The number of aryl methyl sites for hydroxylation is 3. The lowest BCUT2D eigenvalue weighted by atomic mass is 10.1. The molecular formula is C18H17N5OS2. The Kier molecular flexibility index (Phi) is 4.60. The first-order chi connectivity index (χ1) is 12.6. The van der Waals surface area contributed by atoms with Gasteiger partial charge in [0.05, 0.1) is 16.3 Å². The van der Waals surface area contributed by atoms with Crippen LogP contribution in [0.25, 0.3) is 16.5 Å². The molecule has 0 aliphatic rings. The van der Waals surface area contributed by atoms with E-state index in [0.29, 0.717) is 11.6 Å². The van der Waals surface area contributed by atoms with Crippen molar-refractivity contribution < 1.29 is 4.42 Å². The lowest BCUT2D eigenvalue weighted by molar-refractivity contribution is 0.542. The van der Waals surface area contributed by atoms with Crippen molar-refractivity contribution in [3.63, 3.8) is 0 Å². The maximum Gasteiger partial charge on any atom is 0.236 e. The summed E-state index contributed by atoms with van der Waals surface area (Å²) in [6, 6.07) is 10.2. The van der Waals surface area contributed by atoms with E-state index in [4.69, 9.17) is 4.42 Å². The number of hydrogen-bond acceptors (Lipinski definition) is 7. The largest absolute Gasteiger partial charge is 0.440 e. The highest BCUT2D eigenvalue weighted by molar-refractivity contribution is 7.98. The number of para-hydroxylation sites is 1. The second kappa shape index (κ2) is 7.05. The average Bonchev–Trinajstić information content (AvgIpc) is 3.34. The quantitative estimate of drug-likeness (QED) is 0.469. The number of oxazole rings is 1. The van der Waals surface area contributed by atoms with E-state index in [1.807, 2.05) is 30.5 Å². The Morgan fingerprint density at radius 3 is 2.65 bits per heavy atom. The van der Waals surface area contributed by atoms with Crippen molar-refractivity contribution in [1.82, 2.24) is 25.2 Å². The fraction of sp³-hybridized carbons (Fsp3) is 0.222. The first kappa shape index (κ1) is 17.0. The number of rotatable bonds is 5. The monoisotopic (exact) mass is 383 g/mol. The smallest absolute Gasteiger partial charge is 0.236 e. The lowest BCUT2D eigenvalue weighted by Gasteiger charge is -2.10. The number of thiophene rings is 1. The molecule has 3 heterocycles. The molecule has 1 aromatic carbocycles. The third kappa shape index (κ3) is 3.17. The summed E-state index contributed by atoms with van der Waals surface area (Å²) in [5.74, 6) is 2.14. The van der Waals surface area contributed by atoms with Gasteiger partial charge in [0.15, 0.2) is 0 Å². The zero-order valence-electron chi connectivity index (χ0n) is 14.6. The Morgan fingerprint density at radius 1 is 1.12 bits per heavy atom. The zero-order chi connectivity index (χ0) is 18.1. The summed E-state index contributed by atoms with van der Waals surface area (Å²) in [7, 11) is 0. The minimum atomic E-state index is 0.645. The molecule has 4 rings (SSSR count). The normalized spacial score (nSPS) is 11.2. The van der Waals surface area contributed by atoms with Crippen LogP contribution in [0.1, 0.15) is 22.6 Å². The van der Waals surface area contributed by atoms with Gasteiger partial charge in [-0.2, -0.15) is 4.68 Å². The van der Waals surface area contributed by atoms with Crippen LogP contribution in [0.15, 0.2) is 45.3 Å². The van der Waals surface area contributed by atoms with E-state index < -0.39 is 0 Å². The van der Waals surface area contributed by atoms with Gasteiger partial charge in [0.2, 0.25) is 11.0 Å². The molecule has 0 spiro atoms. The Morgan fingerprint density at radius 2 is 1.92 bits per heavy atom. The van der Waals surface area contributed by atoms with Gasteiger partial charge in [-0.1, -0.05) is 36.0 Å². The fourth-order valence-corrected chi connectivity index (χ4v) is 4.28. The number of hydrogen-bond donors (Lipinski definition) is 0. The molecule has 132 valence electrons. The van der Waals surface area contributed by atoms with Gasteiger partial charge in [-0.25, -0.2) is 4.98 Å². The molecule has 8 heteroatoms. The molecule has 0 saturated carbocycles. The molecule has 26 heavy (non-hydrogen) atoms. The van der Waals surface area contributed by atoms with E-state index in [1.165, 1.54) is 0 Å². The summed E-state index contributed by atoms with van der Waals surface area (Å²) >= 11 is 3.17. The molecule has 6 nitrogen and oxygen atoms in total. The molecule has 0 aliphatic heterocycles. The summed E-state index contributed by atoms with van der Waals surface area (Å²) in [6.45, 7) is 6.07. The van der Waals surface area contributed by atoms with Crippen LogP contribution in [0.3, 0.4) is 0 Å². The Balaban J connectivity index is 1.58. The van der Waals surface area contributed by atoms with E-state index in [2.05, 4.69) is 46.5 Å². The maximum absolute atomic E-state index is 5.81. The number of nitrogens with zero attached hydrogens (tertiary/aromatic N) is 5. The van der Waals surface area contributed by atoms with E-state index in [-0.39, 0.29) is 0 Å². The van der Waals surface area contributed by atoms with Crippen LogP contribution < -0.4 is 0 Å². The molecule has 3 aromatic heterocycles. The standard InChI is InChI=1S/C18H17N5OS2/c1-11-6-4-7-12(2)16(11)23-18(20-21-22-23)26-10-14-13(3)24-17(19-14)15-8-5-9-25-15/h4-9H,10H2,1-3H3. The molecule has 0 N–H and O–H groups in total. The molecule has 4 aromatic rings. The van der Waals surface area contributed by atoms with E-state index in [0.717, 1.165) is 38.3 Å². The number of aromatic nitrogens is 5. The van der Waals surface area contributed by atoms with E-state index in [1.54, 1.807) is 27.8 Å². The van der Waals surface area contributed by atoms with Crippen molar-refractivity contribution in [2.24, 2.45) is 0 Å². The second-order valence-electron chi connectivity index (χ2n) is 5.90. The van der Waals surface area contributed by atoms with Crippen molar-refractivity contribution >= 4 is 23.1 Å². The summed E-state index contributed by atoms with van der Waals surface area (Å²) < 4.78 is 7.61. The third-order valence-corrected chi connectivity index (χ3v) is 5.84. The van der Waals surface area contributed by atoms with E-state index >= 15 is 0 Å². The van der Waals surface area contributed by atoms with E-state index in [9.17, 15) is 0 Å². The zero-order valence-corrected chi connectivity index (χ0v) is 16.3. The van der Waals surface area contributed by atoms with Gasteiger partial charge in [0.1, 0.15) is 5.76 Å². The molecule has 0 radical (unpaired) electrons. The predicted molar refractivity (Wildman–Crippen MR) is 103 cm³/mol. The summed E-state index contributed by atoms with van der Waals surface area (Å²) in [5.41, 5.74) is 4.21. The van der Waals surface area contributed by atoms with Gasteiger partial charge >= 0.3 is 0 Å². The molecule has 0 bridgehead atoms. The summed E-state index contributed by atoms with van der Waals surface area (Å²) in [6.07, 6.45) is 0. The lowest BCUT2D eigenvalue weighted by Crippen LogP contribution is -2.04. The molecule has 0 aliphatic carbocycles. The molecule has 0 fully saturated rings. The maximum atomic E-state index is 5.81. The third-order valence-electron chi connectivity index (χ3n) is 4.05. The number of thioether (sulfide) groups is 1. The van der Waals surface area contributed by atoms with Crippen molar-refractivity contribution in [2.75, 3.05) is 0 Å². The molecular weight excluding hydrogens is 366 g/mol. The minimum Gasteiger partial charge on any atom is -0.440 e. The Bertz CT molecular complexity index is 1020.